The van der Waals surface area contributed by atoms with Gasteiger partial charge in [-0.3, -0.25) is 0 Å². The Hall–Kier alpha value is -0.523. The van der Waals surface area contributed by atoms with E-state index >= 15 is 0 Å². The minimum Gasteiger partial charge on any atom is -0.397 e. The molecule has 1 saturated carbocycles. The molecule has 0 atom stereocenters. The average molecular weight is 208 g/mol. The Bertz CT molecular complexity index is 244. The van der Waals surface area contributed by atoms with E-state index in [0.717, 1.165) is 12.8 Å². The first-order valence-electron chi connectivity index (χ1n) is 5.35. The maximum atomic E-state index is 6.15. The lowest BCUT2D eigenvalue weighted by atomic mass is 9.86. The lowest BCUT2D eigenvalue weighted by Gasteiger charge is -2.38. The summed E-state index contributed by atoms with van der Waals surface area (Å²) < 4.78 is 6.15. The fourth-order valence-electron chi connectivity index (χ4n) is 1.94. The minimum atomic E-state index is -1.74. The molecular weight excluding hydrogens is 188 g/mol. The molecule has 1 rings (SSSR count). The number of hydrogen-bond acceptors (Lipinski definition) is 1. The second kappa shape index (κ2) is 4.33. The molecule has 14 heavy (non-hydrogen) atoms. The van der Waals surface area contributed by atoms with Gasteiger partial charge in [0.25, 0.3) is 0 Å². The summed E-state index contributed by atoms with van der Waals surface area (Å²) in [5.74, 6) is 2.87. The first-order chi connectivity index (χ1) is 6.54. The topological polar surface area (TPSA) is 9.23 Å². The van der Waals surface area contributed by atoms with E-state index in [1.54, 1.807) is 0 Å². The Morgan fingerprint density at radius 1 is 1.36 bits per heavy atom. The van der Waals surface area contributed by atoms with Crippen molar-refractivity contribution in [2.75, 3.05) is 0 Å². The molecule has 0 heterocycles. The number of terminal acetylenes is 1. The molecule has 0 N–H and O–H groups in total. The first kappa shape index (κ1) is 11.6. The molecule has 2 heteroatoms. The molecular formula is C12H20OSi. The van der Waals surface area contributed by atoms with E-state index in [2.05, 4.69) is 25.6 Å². The van der Waals surface area contributed by atoms with Crippen LogP contribution in [0.15, 0.2) is 12.3 Å². The Labute approximate surface area is 88.7 Å². The molecule has 0 aliphatic heterocycles. The standard InChI is InChI=1S/C12H20OSi/c1-5-12(10-8-7-9-11-12)13-14(3,4)6-2/h1,6H,2,7-11H2,3-4H3. The van der Waals surface area contributed by atoms with Crippen LogP contribution in [-0.2, 0) is 4.43 Å². The minimum absolute atomic E-state index is 0.276. The van der Waals surface area contributed by atoms with Crippen LogP contribution in [-0.4, -0.2) is 13.9 Å². The molecule has 0 saturated heterocycles. The second-order valence-corrected chi connectivity index (χ2v) is 8.43. The van der Waals surface area contributed by atoms with Crippen LogP contribution in [0.2, 0.25) is 13.1 Å². The van der Waals surface area contributed by atoms with Crippen LogP contribution in [0.5, 0.6) is 0 Å². The molecule has 1 fully saturated rings. The van der Waals surface area contributed by atoms with Crippen molar-refractivity contribution in [3.8, 4) is 12.3 Å². The third-order valence-electron chi connectivity index (χ3n) is 2.87. The van der Waals surface area contributed by atoms with Gasteiger partial charge >= 0.3 is 0 Å². The first-order valence-corrected chi connectivity index (χ1v) is 8.34. The average Bonchev–Trinajstić information content (AvgIpc) is 2.19. The second-order valence-electron chi connectivity index (χ2n) is 4.61. The SMILES string of the molecule is C#CC1(O[Si](C)(C)C=C)CCCCC1. The molecule has 1 nitrogen and oxygen atoms in total. The predicted molar refractivity (Wildman–Crippen MR) is 63.4 cm³/mol. The van der Waals surface area contributed by atoms with Gasteiger partial charge in [0.1, 0.15) is 5.60 Å². The van der Waals surface area contributed by atoms with Gasteiger partial charge in [-0.2, -0.15) is 0 Å². The van der Waals surface area contributed by atoms with Gasteiger partial charge in [-0.05, 0) is 38.8 Å². The summed E-state index contributed by atoms with van der Waals surface area (Å²) in [6, 6.07) is 0. The van der Waals surface area contributed by atoms with Crippen molar-refractivity contribution in [1.82, 2.24) is 0 Å². The normalized spacial score (nSPS) is 21.2. The summed E-state index contributed by atoms with van der Waals surface area (Å²) >= 11 is 0. The summed E-state index contributed by atoms with van der Waals surface area (Å²) in [6.45, 7) is 8.12. The molecule has 1 aliphatic rings. The van der Waals surface area contributed by atoms with Gasteiger partial charge in [-0.15, -0.1) is 13.0 Å². The zero-order valence-corrected chi connectivity index (χ0v) is 10.3. The molecule has 0 unspecified atom stereocenters. The van der Waals surface area contributed by atoms with E-state index in [1.165, 1.54) is 19.3 Å². The third kappa shape index (κ3) is 2.73. The Balaban J connectivity index is 2.71. The Kier molecular flexibility index (Phi) is 3.57. The van der Waals surface area contributed by atoms with E-state index in [1.807, 2.05) is 5.70 Å². The van der Waals surface area contributed by atoms with Gasteiger partial charge in [0.2, 0.25) is 8.32 Å². The lowest BCUT2D eigenvalue weighted by molar-refractivity contribution is 0.0813. The molecule has 0 radical (unpaired) electrons. The lowest BCUT2D eigenvalue weighted by Crippen LogP contribution is -2.43. The Morgan fingerprint density at radius 2 is 1.93 bits per heavy atom. The third-order valence-corrected chi connectivity index (χ3v) is 4.77. The van der Waals surface area contributed by atoms with E-state index in [9.17, 15) is 0 Å². The van der Waals surface area contributed by atoms with E-state index < -0.39 is 8.32 Å². The molecule has 0 spiro atoms. The van der Waals surface area contributed by atoms with Crippen molar-refractivity contribution in [3.05, 3.63) is 12.3 Å². The summed E-state index contributed by atoms with van der Waals surface area (Å²) in [6.07, 6.45) is 11.4. The van der Waals surface area contributed by atoms with Crippen molar-refractivity contribution in [2.45, 2.75) is 50.8 Å². The quantitative estimate of drug-likeness (QED) is 0.511. The van der Waals surface area contributed by atoms with Crippen molar-refractivity contribution >= 4 is 8.32 Å². The maximum Gasteiger partial charge on any atom is 0.212 e. The van der Waals surface area contributed by atoms with Crippen LogP contribution in [0.1, 0.15) is 32.1 Å². The summed E-state index contributed by atoms with van der Waals surface area (Å²) in [7, 11) is -1.74. The molecule has 0 aromatic heterocycles. The van der Waals surface area contributed by atoms with E-state index in [4.69, 9.17) is 10.8 Å². The van der Waals surface area contributed by atoms with Crippen LogP contribution in [0, 0.1) is 12.3 Å². The summed E-state index contributed by atoms with van der Waals surface area (Å²) in [5.41, 5.74) is 1.68. The molecule has 0 aromatic rings. The van der Waals surface area contributed by atoms with Crippen LogP contribution >= 0.6 is 0 Å². The van der Waals surface area contributed by atoms with E-state index in [0.29, 0.717) is 0 Å². The summed E-state index contributed by atoms with van der Waals surface area (Å²) in [5, 5.41) is 0. The fourth-order valence-corrected chi connectivity index (χ4v) is 3.30. The number of hydrogen-bond donors (Lipinski definition) is 0. The smallest absolute Gasteiger partial charge is 0.212 e. The van der Waals surface area contributed by atoms with Gasteiger partial charge in [-0.1, -0.05) is 18.0 Å². The molecule has 1 aliphatic carbocycles. The van der Waals surface area contributed by atoms with Crippen molar-refractivity contribution in [1.29, 1.82) is 0 Å². The monoisotopic (exact) mass is 208 g/mol. The summed E-state index contributed by atoms with van der Waals surface area (Å²) in [4.78, 5) is 0. The molecule has 0 aromatic carbocycles. The van der Waals surface area contributed by atoms with Crippen LogP contribution in [0.3, 0.4) is 0 Å². The van der Waals surface area contributed by atoms with Gasteiger partial charge in [0.05, 0.1) is 0 Å². The van der Waals surface area contributed by atoms with Crippen molar-refractivity contribution in [3.63, 3.8) is 0 Å². The molecule has 0 bridgehead atoms. The highest BCUT2D eigenvalue weighted by Crippen LogP contribution is 2.33. The fraction of sp³-hybridized carbons (Fsp3) is 0.667. The zero-order chi connectivity index (χ0) is 10.7. The predicted octanol–water partition coefficient (Wildman–Crippen LogP) is 3.27. The zero-order valence-electron chi connectivity index (χ0n) is 9.31. The molecule has 0 amide bonds. The van der Waals surface area contributed by atoms with Crippen molar-refractivity contribution in [2.24, 2.45) is 0 Å². The van der Waals surface area contributed by atoms with Crippen LogP contribution in [0.25, 0.3) is 0 Å². The van der Waals surface area contributed by atoms with Crippen molar-refractivity contribution < 1.29 is 4.43 Å². The highest BCUT2D eigenvalue weighted by atomic mass is 28.4. The largest absolute Gasteiger partial charge is 0.397 e. The van der Waals surface area contributed by atoms with E-state index in [-0.39, 0.29) is 5.60 Å². The highest BCUT2D eigenvalue weighted by molar-refractivity contribution is 6.76. The van der Waals surface area contributed by atoms with Crippen LogP contribution < -0.4 is 0 Å². The van der Waals surface area contributed by atoms with Gasteiger partial charge in [0, 0.05) is 0 Å². The van der Waals surface area contributed by atoms with Crippen LogP contribution in [0.4, 0.5) is 0 Å². The number of rotatable bonds is 3. The molecule has 78 valence electrons. The van der Waals surface area contributed by atoms with Gasteiger partial charge in [-0.25, -0.2) is 0 Å². The maximum absolute atomic E-state index is 6.15. The van der Waals surface area contributed by atoms with Gasteiger partial charge in [0.15, 0.2) is 0 Å². The highest BCUT2D eigenvalue weighted by Gasteiger charge is 2.36. The van der Waals surface area contributed by atoms with Gasteiger partial charge < -0.3 is 4.43 Å². The Morgan fingerprint density at radius 3 is 2.36 bits per heavy atom.